The standard InChI is InChI=1S/C18H21N3O4/c1-20-7-9-21(10-8-20)19-13-14-5-6-15(17(12-14)23-2)25-18(22)16-4-3-11-24-16/h3-6,11-13H,7-10H2,1-2H3/p+1/b19-13-. The second-order valence-electron chi connectivity index (χ2n) is 5.93. The number of benzene rings is 1. The van der Waals surface area contributed by atoms with Crippen LogP contribution in [-0.2, 0) is 0 Å². The molecule has 1 fully saturated rings. The van der Waals surface area contributed by atoms with Gasteiger partial charge < -0.3 is 18.8 Å². The van der Waals surface area contributed by atoms with Crippen LogP contribution in [-0.4, -0.2) is 57.5 Å². The molecule has 0 atom stereocenters. The number of esters is 1. The lowest BCUT2D eigenvalue weighted by atomic mass is 10.2. The van der Waals surface area contributed by atoms with Crippen molar-refractivity contribution in [2.45, 2.75) is 0 Å². The summed E-state index contributed by atoms with van der Waals surface area (Å²) in [4.78, 5) is 13.5. The van der Waals surface area contributed by atoms with Gasteiger partial charge in [0.15, 0.2) is 11.5 Å². The van der Waals surface area contributed by atoms with Crippen LogP contribution in [0.25, 0.3) is 0 Å². The van der Waals surface area contributed by atoms with Gasteiger partial charge in [0, 0.05) is 0 Å². The van der Waals surface area contributed by atoms with Crippen molar-refractivity contribution in [3.05, 3.63) is 47.9 Å². The smallest absolute Gasteiger partial charge is 0.379 e. The fraction of sp³-hybridized carbons (Fsp3) is 0.333. The molecule has 0 aliphatic carbocycles. The molecule has 132 valence electrons. The molecular weight excluding hydrogens is 322 g/mol. The zero-order valence-electron chi connectivity index (χ0n) is 14.4. The van der Waals surface area contributed by atoms with Gasteiger partial charge in [-0.25, -0.2) is 4.79 Å². The Bertz CT molecular complexity index is 735. The molecule has 1 N–H and O–H groups in total. The third-order valence-corrected chi connectivity index (χ3v) is 4.08. The zero-order valence-corrected chi connectivity index (χ0v) is 14.4. The molecule has 0 spiro atoms. The molecule has 1 aliphatic rings. The second kappa shape index (κ2) is 7.85. The number of piperazine rings is 1. The highest BCUT2D eigenvalue weighted by molar-refractivity contribution is 5.89. The molecular formula is C18H22N3O4+. The van der Waals surface area contributed by atoms with Crippen molar-refractivity contribution >= 4 is 12.2 Å². The maximum Gasteiger partial charge on any atom is 0.379 e. The number of methoxy groups -OCH3 is 1. The van der Waals surface area contributed by atoms with Crippen molar-refractivity contribution in [3.63, 3.8) is 0 Å². The van der Waals surface area contributed by atoms with Crippen LogP contribution in [0.5, 0.6) is 11.5 Å². The van der Waals surface area contributed by atoms with Gasteiger partial charge in [-0.15, -0.1) is 0 Å². The average molecular weight is 344 g/mol. The number of carbonyl (C=O) groups is 1. The van der Waals surface area contributed by atoms with E-state index in [1.807, 2.05) is 6.07 Å². The third kappa shape index (κ3) is 4.39. The Labute approximate surface area is 146 Å². The molecule has 7 nitrogen and oxygen atoms in total. The number of furan rings is 1. The first-order chi connectivity index (χ1) is 12.2. The summed E-state index contributed by atoms with van der Waals surface area (Å²) in [6, 6.07) is 8.49. The minimum absolute atomic E-state index is 0.143. The van der Waals surface area contributed by atoms with Gasteiger partial charge in [0.05, 0.1) is 52.8 Å². The highest BCUT2D eigenvalue weighted by Gasteiger charge is 2.16. The van der Waals surface area contributed by atoms with E-state index in [0.717, 1.165) is 31.7 Å². The maximum absolute atomic E-state index is 12.0. The molecule has 0 bridgehead atoms. The number of quaternary nitrogens is 1. The third-order valence-electron chi connectivity index (χ3n) is 4.08. The topological polar surface area (TPSA) is 68.7 Å². The molecule has 0 radical (unpaired) electrons. The van der Waals surface area contributed by atoms with E-state index in [2.05, 4.69) is 17.2 Å². The van der Waals surface area contributed by atoms with Crippen LogP contribution in [0.3, 0.4) is 0 Å². The van der Waals surface area contributed by atoms with Crippen molar-refractivity contribution in [2.75, 3.05) is 40.3 Å². The van der Waals surface area contributed by atoms with Crippen LogP contribution in [0.1, 0.15) is 16.1 Å². The quantitative estimate of drug-likeness (QED) is 0.491. The minimum atomic E-state index is -0.565. The molecule has 0 amide bonds. The van der Waals surface area contributed by atoms with Crippen molar-refractivity contribution in [2.24, 2.45) is 5.10 Å². The number of nitrogens with zero attached hydrogens (tertiary/aromatic N) is 2. The molecule has 1 aromatic heterocycles. The van der Waals surface area contributed by atoms with E-state index in [9.17, 15) is 4.79 Å². The van der Waals surface area contributed by atoms with Gasteiger partial charge >= 0.3 is 5.97 Å². The number of ether oxygens (including phenoxy) is 2. The van der Waals surface area contributed by atoms with Crippen molar-refractivity contribution in [3.8, 4) is 11.5 Å². The first kappa shape index (κ1) is 17.0. The van der Waals surface area contributed by atoms with Crippen LogP contribution in [0.15, 0.2) is 46.1 Å². The summed E-state index contributed by atoms with van der Waals surface area (Å²) in [6.45, 7) is 4.06. The summed E-state index contributed by atoms with van der Waals surface area (Å²) in [7, 11) is 3.72. The van der Waals surface area contributed by atoms with Crippen LogP contribution in [0, 0.1) is 0 Å². The lowest BCUT2D eigenvalue weighted by Crippen LogP contribution is -3.11. The Morgan fingerprint density at radius 1 is 1.28 bits per heavy atom. The molecule has 7 heteroatoms. The van der Waals surface area contributed by atoms with Gasteiger partial charge in [-0.3, -0.25) is 5.01 Å². The highest BCUT2D eigenvalue weighted by Crippen LogP contribution is 2.28. The van der Waals surface area contributed by atoms with Crippen LogP contribution < -0.4 is 14.4 Å². The Morgan fingerprint density at radius 3 is 2.76 bits per heavy atom. The number of nitrogens with one attached hydrogen (secondary N) is 1. The van der Waals surface area contributed by atoms with E-state index < -0.39 is 5.97 Å². The molecule has 25 heavy (non-hydrogen) atoms. The van der Waals surface area contributed by atoms with E-state index in [1.54, 1.807) is 30.5 Å². The summed E-state index contributed by atoms with van der Waals surface area (Å²) < 4.78 is 15.7. The van der Waals surface area contributed by atoms with Crippen LogP contribution in [0.2, 0.25) is 0 Å². The van der Waals surface area contributed by atoms with Gasteiger partial charge in [-0.1, -0.05) is 0 Å². The van der Waals surface area contributed by atoms with Gasteiger partial charge in [-0.2, -0.15) is 5.10 Å². The summed E-state index contributed by atoms with van der Waals surface area (Å²) in [5.74, 6) is 0.380. The molecule has 0 unspecified atom stereocenters. The summed E-state index contributed by atoms with van der Waals surface area (Å²) >= 11 is 0. The van der Waals surface area contributed by atoms with Crippen molar-refractivity contribution in [1.29, 1.82) is 0 Å². The molecule has 1 aliphatic heterocycles. The predicted molar refractivity (Wildman–Crippen MR) is 92.4 cm³/mol. The average Bonchev–Trinajstić information content (AvgIpc) is 3.17. The first-order valence-corrected chi connectivity index (χ1v) is 8.19. The molecule has 2 heterocycles. The zero-order chi connectivity index (χ0) is 17.6. The molecule has 0 saturated carbocycles. The first-order valence-electron chi connectivity index (χ1n) is 8.19. The lowest BCUT2D eigenvalue weighted by Gasteiger charge is -2.27. The Hall–Kier alpha value is -2.80. The van der Waals surface area contributed by atoms with E-state index in [0.29, 0.717) is 11.5 Å². The van der Waals surface area contributed by atoms with Crippen molar-refractivity contribution < 1.29 is 23.6 Å². The predicted octanol–water partition coefficient (Wildman–Crippen LogP) is 0.672. The fourth-order valence-electron chi connectivity index (χ4n) is 2.53. The number of rotatable bonds is 5. The molecule has 1 saturated heterocycles. The Kier molecular flexibility index (Phi) is 5.35. The molecule has 3 rings (SSSR count). The number of carbonyl (C=O) groups excluding carboxylic acids is 1. The number of hydrazone groups is 1. The van der Waals surface area contributed by atoms with Gasteiger partial charge in [0.1, 0.15) is 0 Å². The number of likely N-dealkylation sites (N-methyl/N-ethyl adjacent to an activating group) is 1. The van der Waals surface area contributed by atoms with E-state index in [1.165, 1.54) is 18.3 Å². The number of hydrogen-bond donors (Lipinski definition) is 1. The van der Waals surface area contributed by atoms with Crippen molar-refractivity contribution in [1.82, 2.24) is 5.01 Å². The summed E-state index contributed by atoms with van der Waals surface area (Å²) in [6.07, 6.45) is 3.22. The maximum atomic E-state index is 12.0. The summed E-state index contributed by atoms with van der Waals surface area (Å²) in [5, 5.41) is 6.57. The largest absolute Gasteiger partial charge is 0.493 e. The van der Waals surface area contributed by atoms with E-state index in [4.69, 9.17) is 13.9 Å². The van der Waals surface area contributed by atoms with E-state index in [-0.39, 0.29) is 5.76 Å². The van der Waals surface area contributed by atoms with Gasteiger partial charge in [0.25, 0.3) is 0 Å². The van der Waals surface area contributed by atoms with Gasteiger partial charge in [-0.05, 0) is 35.9 Å². The molecule has 1 aromatic carbocycles. The summed E-state index contributed by atoms with van der Waals surface area (Å²) in [5.41, 5.74) is 0.876. The monoisotopic (exact) mass is 344 g/mol. The SMILES string of the molecule is COc1cc(/C=N\N2CC[NH+](C)CC2)ccc1OC(=O)c1ccco1. The minimum Gasteiger partial charge on any atom is -0.493 e. The van der Waals surface area contributed by atoms with E-state index >= 15 is 0 Å². The normalized spacial score (nSPS) is 15.5. The highest BCUT2D eigenvalue weighted by atomic mass is 16.6. The van der Waals surface area contributed by atoms with Crippen LogP contribution in [0.4, 0.5) is 0 Å². The Morgan fingerprint density at radius 2 is 2.08 bits per heavy atom. The molecule has 2 aromatic rings. The van der Waals surface area contributed by atoms with Gasteiger partial charge in [0.2, 0.25) is 5.76 Å². The number of hydrogen-bond acceptors (Lipinski definition) is 6. The van der Waals surface area contributed by atoms with Crippen LogP contribution >= 0.6 is 0 Å². The lowest BCUT2D eigenvalue weighted by molar-refractivity contribution is -0.884. The Balaban J connectivity index is 1.68. The fourth-order valence-corrected chi connectivity index (χ4v) is 2.53. The second-order valence-corrected chi connectivity index (χ2v) is 5.93.